The molecule has 0 aliphatic heterocycles. The molecule has 0 unspecified atom stereocenters. The van der Waals surface area contributed by atoms with E-state index in [2.05, 4.69) is 0 Å². The molecule has 0 fully saturated rings. The fourth-order valence-corrected chi connectivity index (χ4v) is 2.21. The van der Waals surface area contributed by atoms with Crippen molar-refractivity contribution >= 4 is 15.9 Å². The van der Waals surface area contributed by atoms with E-state index in [0.29, 0.717) is 0 Å². The van der Waals surface area contributed by atoms with Gasteiger partial charge in [-0.2, -0.15) is 4.31 Å². The molecular formula is C13H20N2O3S. The lowest BCUT2D eigenvalue weighted by Crippen LogP contribution is -2.39. The molecule has 1 aromatic rings. The number of nitrogens with zero attached hydrogens (tertiary/aromatic N) is 2. The van der Waals surface area contributed by atoms with Crippen molar-refractivity contribution in [3.8, 4) is 0 Å². The van der Waals surface area contributed by atoms with Gasteiger partial charge in [-0.05, 0) is 12.5 Å². The minimum atomic E-state index is -3.42. The predicted octanol–water partition coefficient (Wildman–Crippen LogP) is 0.845. The zero-order valence-corrected chi connectivity index (χ0v) is 12.6. The molecule has 6 heteroatoms. The van der Waals surface area contributed by atoms with Gasteiger partial charge >= 0.3 is 0 Å². The minimum Gasteiger partial charge on any atom is -0.348 e. The molecule has 0 aliphatic carbocycles. The second kappa shape index (κ2) is 6.16. The molecule has 0 atom stereocenters. The zero-order chi connectivity index (χ0) is 14.6. The smallest absolute Gasteiger partial charge is 0.237 e. The fraction of sp³-hybridized carbons (Fsp3) is 0.462. The van der Waals surface area contributed by atoms with Crippen molar-refractivity contribution < 1.29 is 13.2 Å². The lowest BCUT2D eigenvalue weighted by molar-refractivity contribution is -0.128. The van der Waals surface area contributed by atoms with Crippen LogP contribution in [0.3, 0.4) is 0 Å². The molecule has 106 valence electrons. The van der Waals surface area contributed by atoms with Crippen LogP contribution in [0.4, 0.5) is 0 Å². The summed E-state index contributed by atoms with van der Waals surface area (Å²) in [5, 5.41) is 0. The number of benzene rings is 1. The molecule has 1 amide bonds. The first kappa shape index (κ1) is 15.7. The highest BCUT2D eigenvalue weighted by atomic mass is 32.2. The number of hydrogen-bond donors (Lipinski definition) is 0. The summed E-state index contributed by atoms with van der Waals surface area (Å²) in [7, 11) is -0.204. The van der Waals surface area contributed by atoms with Gasteiger partial charge in [0.15, 0.2) is 0 Å². The molecule has 0 radical (unpaired) electrons. The number of sulfonamides is 1. The molecule has 1 rings (SSSR count). The lowest BCUT2D eigenvalue weighted by atomic mass is 10.1. The summed E-state index contributed by atoms with van der Waals surface area (Å²) in [4.78, 5) is 13.0. The number of amides is 1. The van der Waals surface area contributed by atoms with E-state index in [9.17, 15) is 13.2 Å². The van der Waals surface area contributed by atoms with Gasteiger partial charge < -0.3 is 4.90 Å². The van der Waals surface area contributed by atoms with E-state index in [1.54, 1.807) is 14.1 Å². The van der Waals surface area contributed by atoms with Gasteiger partial charge in [0.2, 0.25) is 15.9 Å². The van der Waals surface area contributed by atoms with Crippen molar-refractivity contribution in [2.75, 3.05) is 26.9 Å². The Bertz CT molecular complexity index is 536. The van der Waals surface area contributed by atoms with Crippen molar-refractivity contribution in [1.82, 2.24) is 9.21 Å². The van der Waals surface area contributed by atoms with Gasteiger partial charge in [-0.25, -0.2) is 8.42 Å². The van der Waals surface area contributed by atoms with Crippen LogP contribution in [-0.2, 0) is 21.4 Å². The number of rotatable bonds is 5. The molecule has 0 heterocycles. The first-order valence-electron chi connectivity index (χ1n) is 5.91. The third kappa shape index (κ3) is 5.00. The van der Waals surface area contributed by atoms with Crippen LogP contribution in [0.2, 0.25) is 0 Å². The molecule has 0 spiro atoms. The normalized spacial score (nSPS) is 11.6. The maximum absolute atomic E-state index is 11.7. The number of carbonyl (C=O) groups excluding carboxylic acids is 1. The summed E-state index contributed by atoms with van der Waals surface area (Å²) in [5.41, 5.74) is 1.97. The molecule has 0 N–H and O–H groups in total. The number of aryl methyl sites for hydroxylation is 1. The summed E-state index contributed by atoms with van der Waals surface area (Å²) in [6.45, 7) is 2.03. The van der Waals surface area contributed by atoms with Crippen molar-refractivity contribution in [3.63, 3.8) is 0 Å². The average molecular weight is 284 g/mol. The van der Waals surface area contributed by atoms with Crippen molar-refractivity contribution in [2.45, 2.75) is 13.5 Å². The van der Waals surface area contributed by atoms with Crippen LogP contribution >= 0.6 is 0 Å². The van der Waals surface area contributed by atoms with E-state index in [4.69, 9.17) is 0 Å². The second-order valence-electron chi connectivity index (χ2n) is 4.80. The van der Waals surface area contributed by atoms with Crippen LogP contribution in [-0.4, -0.2) is 50.4 Å². The van der Waals surface area contributed by atoms with Gasteiger partial charge in [-0.15, -0.1) is 0 Å². The highest BCUT2D eigenvalue weighted by Gasteiger charge is 2.21. The minimum absolute atomic E-state index is 0.139. The highest BCUT2D eigenvalue weighted by Crippen LogP contribution is 2.10. The zero-order valence-electron chi connectivity index (χ0n) is 11.8. The Hall–Kier alpha value is -1.40. The Morgan fingerprint density at radius 1 is 1.16 bits per heavy atom. The lowest BCUT2D eigenvalue weighted by Gasteiger charge is -2.21. The maximum atomic E-state index is 11.7. The summed E-state index contributed by atoms with van der Waals surface area (Å²) in [6, 6.07) is 7.58. The number of hydrogen-bond acceptors (Lipinski definition) is 3. The highest BCUT2D eigenvalue weighted by molar-refractivity contribution is 7.88. The number of carbonyl (C=O) groups is 1. The van der Waals surface area contributed by atoms with Gasteiger partial charge in [0.05, 0.1) is 12.8 Å². The van der Waals surface area contributed by atoms with Crippen LogP contribution in [0, 0.1) is 6.92 Å². The Morgan fingerprint density at radius 3 is 2.11 bits per heavy atom. The Kier molecular flexibility index (Phi) is 5.08. The van der Waals surface area contributed by atoms with E-state index in [-0.39, 0.29) is 19.0 Å². The number of likely N-dealkylation sites (N-methyl/N-ethyl adjacent to an activating group) is 1. The molecule has 0 saturated carbocycles. The molecule has 0 aliphatic rings. The first-order chi connectivity index (χ1) is 8.70. The van der Waals surface area contributed by atoms with Gasteiger partial charge in [0, 0.05) is 20.6 Å². The molecule has 0 saturated heterocycles. The van der Waals surface area contributed by atoms with Crippen molar-refractivity contribution in [1.29, 1.82) is 0 Å². The second-order valence-corrected chi connectivity index (χ2v) is 6.79. The topological polar surface area (TPSA) is 57.7 Å². The van der Waals surface area contributed by atoms with Gasteiger partial charge in [-0.3, -0.25) is 4.79 Å². The Morgan fingerprint density at radius 2 is 1.68 bits per heavy atom. The van der Waals surface area contributed by atoms with E-state index in [1.807, 2.05) is 31.2 Å². The predicted molar refractivity (Wildman–Crippen MR) is 75.1 cm³/mol. The molecule has 19 heavy (non-hydrogen) atoms. The summed E-state index contributed by atoms with van der Waals surface area (Å²) in [6.07, 6.45) is 1.12. The monoisotopic (exact) mass is 284 g/mol. The van der Waals surface area contributed by atoms with Crippen LogP contribution in [0.15, 0.2) is 24.3 Å². The average Bonchev–Trinajstić information content (AvgIpc) is 2.29. The molecular weight excluding hydrogens is 264 g/mol. The van der Waals surface area contributed by atoms with Gasteiger partial charge in [0.25, 0.3) is 0 Å². The van der Waals surface area contributed by atoms with E-state index in [0.717, 1.165) is 17.4 Å². The van der Waals surface area contributed by atoms with E-state index < -0.39 is 10.0 Å². The Labute approximate surface area is 114 Å². The summed E-state index contributed by atoms with van der Waals surface area (Å²) >= 11 is 0. The fourth-order valence-electron chi connectivity index (χ4n) is 1.48. The third-order valence-corrected chi connectivity index (χ3v) is 3.96. The van der Waals surface area contributed by atoms with Gasteiger partial charge in [-0.1, -0.05) is 29.8 Å². The van der Waals surface area contributed by atoms with Crippen LogP contribution in [0.25, 0.3) is 0 Å². The first-order valence-corrected chi connectivity index (χ1v) is 7.76. The quantitative estimate of drug-likeness (QED) is 0.805. The molecule has 1 aromatic carbocycles. The SMILES string of the molecule is Cc1ccc(CN(CC(=O)N(C)C)S(C)(=O)=O)cc1. The molecule has 0 aromatic heterocycles. The van der Waals surface area contributed by atoms with Crippen LogP contribution in [0.1, 0.15) is 11.1 Å². The van der Waals surface area contributed by atoms with E-state index >= 15 is 0 Å². The summed E-state index contributed by atoms with van der Waals surface area (Å²) in [5.74, 6) is -0.238. The maximum Gasteiger partial charge on any atom is 0.237 e. The molecule has 0 bridgehead atoms. The molecule has 5 nitrogen and oxygen atoms in total. The largest absolute Gasteiger partial charge is 0.348 e. The van der Waals surface area contributed by atoms with Crippen LogP contribution < -0.4 is 0 Å². The van der Waals surface area contributed by atoms with Crippen molar-refractivity contribution in [2.24, 2.45) is 0 Å². The Balaban J connectivity index is 2.87. The van der Waals surface area contributed by atoms with E-state index in [1.165, 1.54) is 9.21 Å². The van der Waals surface area contributed by atoms with Crippen LogP contribution in [0.5, 0.6) is 0 Å². The standard InChI is InChI=1S/C13H20N2O3S/c1-11-5-7-12(8-6-11)9-15(19(4,17)18)10-13(16)14(2)3/h5-8H,9-10H2,1-4H3. The third-order valence-electron chi connectivity index (χ3n) is 2.76. The summed E-state index contributed by atoms with van der Waals surface area (Å²) < 4.78 is 24.6. The van der Waals surface area contributed by atoms with Gasteiger partial charge in [0.1, 0.15) is 0 Å². The van der Waals surface area contributed by atoms with Crippen molar-refractivity contribution in [3.05, 3.63) is 35.4 Å².